The van der Waals surface area contributed by atoms with Gasteiger partial charge in [-0.2, -0.15) is 11.3 Å². The lowest BCUT2D eigenvalue weighted by molar-refractivity contribution is 0.297. The number of halogens is 2. The lowest BCUT2D eigenvalue weighted by Gasteiger charge is -2.15. The van der Waals surface area contributed by atoms with Crippen LogP contribution in [0.5, 0.6) is 11.5 Å². The van der Waals surface area contributed by atoms with E-state index in [-0.39, 0.29) is 4.83 Å². The molecule has 1 atom stereocenters. The first-order valence-corrected chi connectivity index (χ1v) is 8.66. The third-order valence-electron chi connectivity index (χ3n) is 2.98. The number of rotatable bonds is 2. The van der Waals surface area contributed by atoms with Crippen molar-refractivity contribution in [2.45, 2.75) is 11.2 Å². The third kappa shape index (κ3) is 2.83. The molecule has 2 heterocycles. The summed E-state index contributed by atoms with van der Waals surface area (Å²) in [7, 11) is 0. The summed E-state index contributed by atoms with van der Waals surface area (Å²) >= 11 is 9.08. The van der Waals surface area contributed by atoms with Crippen molar-refractivity contribution in [3.05, 3.63) is 44.6 Å². The Kier molecular flexibility index (Phi) is 4.15. The van der Waals surface area contributed by atoms with E-state index in [1.54, 1.807) is 11.3 Å². The number of ether oxygens (including phenoxy) is 2. The van der Waals surface area contributed by atoms with Crippen LogP contribution in [-0.4, -0.2) is 13.2 Å². The van der Waals surface area contributed by atoms with Crippen molar-refractivity contribution in [3.8, 4) is 11.5 Å². The van der Waals surface area contributed by atoms with Gasteiger partial charge in [0.1, 0.15) is 0 Å². The zero-order valence-corrected chi connectivity index (χ0v) is 14.1. The molecule has 0 aliphatic carbocycles. The lowest BCUT2D eigenvalue weighted by Crippen LogP contribution is -1.97. The van der Waals surface area contributed by atoms with E-state index in [1.165, 1.54) is 5.56 Å². The van der Waals surface area contributed by atoms with Crippen LogP contribution in [0.25, 0.3) is 0 Å². The van der Waals surface area contributed by atoms with Gasteiger partial charge in [0, 0.05) is 10.9 Å². The molecule has 5 heteroatoms. The van der Waals surface area contributed by atoms with Gasteiger partial charge in [0.2, 0.25) is 0 Å². The number of thiophene rings is 1. The van der Waals surface area contributed by atoms with Crippen molar-refractivity contribution >= 4 is 43.2 Å². The summed E-state index contributed by atoms with van der Waals surface area (Å²) < 4.78 is 12.5. The second-order valence-corrected chi connectivity index (χ2v) is 6.84. The van der Waals surface area contributed by atoms with E-state index in [0.29, 0.717) is 13.2 Å². The van der Waals surface area contributed by atoms with E-state index in [1.807, 2.05) is 6.07 Å². The summed E-state index contributed by atoms with van der Waals surface area (Å²) in [6, 6.07) is 6.18. The molecule has 1 aromatic heterocycles. The molecule has 0 saturated carbocycles. The highest BCUT2D eigenvalue weighted by molar-refractivity contribution is 9.11. The Labute approximate surface area is 133 Å². The molecular formula is C14H12Br2O2S. The summed E-state index contributed by atoms with van der Waals surface area (Å²) in [6.45, 7) is 1.42. The van der Waals surface area contributed by atoms with Gasteiger partial charge >= 0.3 is 0 Å². The second-order valence-electron chi connectivity index (χ2n) is 4.29. The SMILES string of the molecule is Brc1cc2c(cc1C(Br)c1ccsc1)OCCCO2. The first kappa shape index (κ1) is 13.5. The summed E-state index contributed by atoms with van der Waals surface area (Å²) in [4.78, 5) is 0.158. The van der Waals surface area contributed by atoms with E-state index in [4.69, 9.17) is 9.47 Å². The monoisotopic (exact) mass is 402 g/mol. The van der Waals surface area contributed by atoms with Gasteiger partial charge < -0.3 is 9.47 Å². The van der Waals surface area contributed by atoms with Gasteiger partial charge in [-0.3, -0.25) is 0 Å². The van der Waals surface area contributed by atoms with Gasteiger partial charge in [-0.05, 0) is 40.1 Å². The van der Waals surface area contributed by atoms with Crippen LogP contribution in [-0.2, 0) is 0 Å². The Bertz CT molecular complexity index is 569. The van der Waals surface area contributed by atoms with E-state index in [9.17, 15) is 0 Å². The van der Waals surface area contributed by atoms with E-state index in [0.717, 1.165) is 28.0 Å². The number of alkyl halides is 1. The van der Waals surface area contributed by atoms with Gasteiger partial charge in [-0.25, -0.2) is 0 Å². The van der Waals surface area contributed by atoms with Crippen molar-refractivity contribution in [1.82, 2.24) is 0 Å². The second kappa shape index (κ2) is 5.85. The lowest BCUT2D eigenvalue weighted by atomic mass is 10.1. The fraction of sp³-hybridized carbons (Fsp3) is 0.286. The molecule has 0 radical (unpaired) electrons. The predicted molar refractivity (Wildman–Crippen MR) is 84.8 cm³/mol. The Morgan fingerprint density at radius 1 is 1.16 bits per heavy atom. The molecule has 2 aromatic rings. The molecule has 100 valence electrons. The Morgan fingerprint density at radius 3 is 2.58 bits per heavy atom. The van der Waals surface area contributed by atoms with Gasteiger partial charge in [-0.1, -0.05) is 31.9 Å². The topological polar surface area (TPSA) is 18.5 Å². The molecule has 0 amide bonds. The van der Waals surface area contributed by atoms with Crippen LogP contribution in [0.2, 0.25) is 0 Å². The van der Waals surface area contributed by atoms with Crippen LogP contribution in [0, 0.1) is 0 Å². The molecule has 0 N–H and O–H groups in total. The fourth-order valence-corrected chi connectivity index (χ4v) is 4.38. The van der Waals surface area contributed by atoms with Gasteiger partial charge in [0.25, 0.3) is 0 Å². The number of benzene rings is 1. The van der Waals surface area contributed by atoms with Crippen molar-refractivity contribution in [2.24, 2.45) is 0 Å². The summed E-state index contributed by atoms with van der Waals surface area (Å²) in [5.41, 5.74) is 2.41. The molecule has 0 spiro atoms. The Hall–Kier alpha value is -0.520. The maximum absolute atomic E-state index is 5.75. The zero-order chi connectivity index (χ0) is 13.2. The predicted octanol–water partition coefficient (Wildman–Crippen LogP) is 5.16. The molecule has 1 unspecified atom stereocenters. The van der Waals surface area contributed by atoms with E-state index in [2.05, 4.69) is 54.8 Å². The average molecular weight is 404 g/mol. The fourth-order valence-electron chi connectivity index (χ4n) is 1.99. The van der Waals surface area contributed by atoms with Gasteiger partial charge in [0.15, 0.2) is 11.5 Å². The van der Waals surface area contributed by atoms with Crippen LogP contribution < -0.4 is 9.47 Å². The minimum atomic E-state index is 0.158. The van der Waals surface area contributed by atoms with Crippen LogP contribution in [0.3, 0.4) is 0 Å². The molecule has 19 heavy (non-hydrogen) atoms. The highest BCUT2D eigenvalue weighted by Crippen LogP contribution is 2.42. The van der Waals surface area contributed by atoms with E-state index < -0.39 is 0 Å². The first-order valence-electron chi connectivity index (χ1n) is 6.01. The Morgan fingerprint density at radius 2 is 1.89 bits per heavy atom. The largest absolute Gasteiger partial charge is 0.490 e. The third-order valence-corrected chi connectivity index (χ3v) is 5.39. The van der Waals surface area contributed by atoms with Crippen LogP contribution >= 0.6 is 43.2 Å². The maximum Gasteiger partial charge on any atom is 0.162 e. The smallest absolute Gasteiger partial charge is 0.162 e. The van der Waals surface area contributed by atoms with E-state index >= 15 is 0 Å². The van der Waals surface area contributed by atoms with Crippen molar-refractivity contribution < 1.29 is 9.47 Å². The number of fused-ring (bicyclic) bond motifs is 1. The molecule has 1 aliphatic rings. The normalized spacial score (nSPS) is 15.9. The molecule has 0 fully saturated rings. The summed E-state index contributed by atoms with van der Waals surface area (Å²) in [6.07, 6.45) is 0.921. The standard InChI is InChI=1S/C14H12Br2O2S/c15-11-7-13-12(17-3-1-4-18-13)6-10(11)14(16)9-2-5-19-8-9/h2,5-8,14H,1,3-4H2. The quantitative estimate of drug-likeness (QED) is 0.645. The maximum atomic E-state index is 5.75. The first-order chi connectivity index (χ1) is 9.25. The van der Waals surface area contributed by atoms with Crippen molar-refractivity contribution in [1.29, 1.82) is 0 Å². The van der Waals surface area contributed by atoms with Crippen LogP contribution in [0.4, 0.5) is 0 Å². The van der Waals surface area contributed by atoms with Gasteiger partial charge in [-0.15, -0.1) is 0 Å². The minimum Gasteiger partial charge on any atom is -0.490 e. The summed E-state index contributed by atoms with van der Waals surface area (Å²) in [5.74, 6) is 1.65. The number of hydrogen-bond acceptors (Lipinski definition) is 3. The zero-order valence-electron chi connectivity index (χ0n) is 10.1. The van der Waals surface area contributed by atoms with Crippen LogP contribution in [0.15, 0.2) is 33.4 Å². The highest BCUT2D eigenvalue weighted by Gasteiger charge is 2.19. The highest BCUT2D eigenvalue weighted by atomic mass is 79.9. The summed E-state index contributed by atoms with van der Waals surface area (Å²) in [5, 5.41) is 4.23. The average Bonchev–Trinajstić information content (AvgIpc) is 2.84. The van der Waals surface area contributed by atoms with Gasteiger partial charge in [0.05, 0.1) is 18.0 Å². The molecule has 0 bridgehead atoms. The molecule has 1 aromatic carbocycles. The van der Waals surface area contributed by atoms with Crippen molar-refractivity contribution in [3.63, 3.8) is 0 Å². The number of hydrogen-bond donors (Lipinski definition) is 0. The molecule has 1 aliphatic heterocycles. The molecule has 0 saturated heterocycles. The molecule has 3 rings (SSSR count). The molecule has 2 nitrogen and oxygen atoms in total. The minimum absolute atomic E-state index is 0.158. The van der Waals surface area contributed by atoms with Crippen LogP contribution in [0.1, 0.15) is 22.4 Å². The Balaban J connectivity index is 2.00. The molecular weight excluding hydrogens is 392 g/mol. The van der Waals surface area contributed by atoms with Crippen molar-refractivity contribution in [2.75, 3.05) is 13.2 Å².